The zero-order valence-electron chi connectivity index (χ0n) is 14.4. The summed E-state index contributed by atoms with van der Waals surface area (Å²) < 4.78 is 0. The lowest BCUT2D eigenvalue weighted by Gasteiger charge is -2.38. The quantitative estimate of drug-likeness (QED) is 0.591. The number of carbonyl (C=O) groups excluding carboxylic acids is 1. The van der Waals surface area contributed by atoms with E-state index in [1.54, 1.807) is 19.1 Å². The zero-order valence-corrected chi connectivity index (χ0v) is 14.4. The van der Waals surface area contributed by atoms with Crippen LogP contribution in [0.3, 0.4) is 0 Å². The molecule has 0 aliphatic carbocycles. The molecular formula is C20H22N2O3. The first-order valence-electron chi connectivity index (χ1n) is 8.62. The molecule has 2 aromatic carbocycles. The minimum atomic E-state index is -0.351. The van der Waals surface area contributed by atoms with Crippen molar-refractivity contribution in [2.24, 2.45) is 0 Å². The average Bonchev–Trinajstić information content (AvgIpc) is 2.60. The van der Waals surface area contributed by atoms with E-state index in [1.165, 1.54) is 5.56 Å². The molecule has 0 unspecified atom stereocenters. The lowest BCUT2D eigenvalue weighted by atomic mass is 9.92. The number of non-ortho nitro benzene ring substituents is 1. The van der Waals surface area contributed by atoms with Crippen molar-refractivity contribution in [1.82, 2.24) is 0 Å². The van der Waals surface area contributed by atoms with Gasteiger partial charge in [-0.05, 0) is 43.4 Å². The maximum Gasteiger partial charge on any atom is 0.269 e. The number of hydrogen-bond donors (Lipinski definition) is 0. The second-order valence-electron chi connectivity index (χ2n) is 6.60. The molecule has 2 aromatic rings. The Morgan fingerprint density at radius 1 is 1.24 bits per heavy atom. The van der Waals surface area contributed by atoms with E-state index in [4.69, 9.17) is 0 Å². The van der Waals surface area contributed by atoms with Crippen molar-refractivity contribution in [1.29, 1.82) is 0 Å². The molecule has 0 bridgehead atoms. The monoisotopic (exact) mass is 338 g/mol. The molecule has 0 saturated carbocycles. The standard InChI is InChI=1S/C20H22N2O3/c1-15(23)13-18-8-7-17-14-19(22(24)25)9-10-20(17)21(18)12-11-16-5-3-2-4-6-16/h2-6,9-10,14,18H,7-8,11-13H2,1H3/t18-/m1/s1. The summed E-state index contributed by atoms with van der Waals surface area (Å²) in [4.78, 5) is 24.6. The smallest absolute Gasteiger partial charge is 0.269 e. The maximum absolute atomic E-state index is 11.7. The van der Waals surface area contributed by atoms with Gasteiger partial charge in [-0.1, -0.05) is 30.3 Å². The number of aryl methyl sites for hydroxylation is 1. The number of anilines is 1. The summed E-state index contributed by atoms with van der Waals surface area (Å²) in [6.45, 7) is 2.42. The van der Waals surface area contributed by atoms with Crippen molar-refractivity contribution < 1.29 is 9.72 Å². The molecule has 25 heavy (non-hydrogen) atoms. The molecule has 5 heteroatoms. The van der Waals surface area contributed by atoms with Gasteiger partial charge in [0, 0.05) is 36.8 Å². The second-order valence-corrected chi connectivity index (χ2v) is 6.60. The Morgan fingerprint density at radius 2 is 2.00 bits per heavy atom. The first-order chi connectivity index (χ1) is 12.0. The van der Waals surface area contributed by atoms with Crippen molar-refractivity contribution in [2.75, 3.05) is 11.4 Å². The molecule has 0 spiro atoms. The van der Waals surface area contributed by atoms with Crippen LogP contribution in [0.5, 0.6) is 0 Å². The molecule has 130 valence electrons. The molecule has 0 radical (unpaired) electrons. The molecule has 0 saturated heterocycles. The Bertz CT molecular complexity index is 774. The van der Waals surface area contributed by atoms with Crippen LogP contribution in [0.2, 0.25) is 0 Å². The van der Waals surface area contributed by atoms with Gasteiger partial charge in [-0.3, -0.25) is 14.9 Å². The second kappa shape index (κ2) is 7.47. The fourth-order valence-corrected chi connectivity index (χ4v) is 3.58. The van der Waals surface area contributed by atoms with Crippen molar-refractivity contribution in [2.45, 2.75) is 38.6 Å². The third-order valence-electron chi connectivity index (χ3n) is 4.78. The Balaban J connectivity index is 1.86. The number of carbonyl (C=O) groups is 1. The van der Waals surface area contributed by atoms with E-state index in [9.17, 15) is 14.9 Å². The number of rotatable bonds is 6. The van der Waals surface area contributed by atoms with Crippen molar-refractivity contribution in [3.8, 4) is 0 Å². The number of ketones is 1. The number of nitrogens with zero attached hydrogens (tertiary/aromatic N) is 2. The van der Waals surface area contributed by atoms with Crippen LogP contribution < -0.4 is 4.90 Å². The molecule has 1 aliphatic rings. The first kappa shape index (κ1) is 17.1. The fourth-order valence-electron chi connectivity index (χ4n) is 3.58. The van der Waals surface area contributed by atoms with Crippen LogP contribution in [-0.4, -0.2) is 23.3 Å². The van der Waals surface area contributed by atoms with Gasteiger partial charge < -0.3 is 4.90 Å². The fraction of sp³-hybridized carbons (Fsp3) is 0.350. The summed E-state index contributed by atoms with van der Waals surface area (Å²) in [5.41, 5.74) is 3.41. The summed E-state index contributed by atoms with van der Waals surface area (Å²) in [7, 11) is 0. The lowest BCUT2D eigenvalue weighted by molar-refractivity contribution is -0.384. The van der Waals surface area contributed by atoms with Crippen LogP contribution in [0.1, 0.15) is 30.9 Å². The Hall–Kier alpha value is -2.69. The lowest BCUT2D eigenvalue weighted by Crippen LogP contribution is -2.41. The van der Waals surface area contributed by atoms with Gasteiger partial charge >= 0.3 is 0 Å². The zero-order chi connectivity index (χ0) is 17.8. The van der Waals surface area contributed by atoms with E-state index in [0.29, 0.717) is 6.42 Å². The number of fused-ring (bicyclic) bond motifs is 1. The summed E-state index contributed by atoms with van der Waals surface area (Å²) in [5.74, 6) is 0.181. The molecule has 1 aliphatic heterocycles. The number of hydrogen-bond acceptors (Lipinski definition) is 4. The number of benzene rings is 2. The van der Waals surface area contributed by atoms with Gasteiger partial charge in [0.25, 0.3) is 5.69 Å². The topological polar surface area (TPSA) is 63.4 Å². The van der Waals surface area contributed by atoms with Crippen molar-refractivity contribution in [3.63, 3.8) is 0 Å². The van der Waals surface area contributed by atoms with Crippen LogP contribution in [0.25, 0.3) is 0 Å². The molecule has 3 rings (SSSR count). The molecule has 0 amide bonds. The van der Waals surface area contributed by atoms with E-state index >= 15 is 0 Å². The molecule has 0 aromatic heterocycles. The van der Waals surface area contributed by atoms with E-state index in [1.807, 2.05) is 24.3 Å². The third-order valence-corrected chi connectivity index (χ3v) is 4.78. The van der Waals surface area contributed by atoms with E-state index in [0.717, 1.165) is 37.1 Å². The summed E-state index contributed by atoms with van der Waals surface area (Å²) in [6.07, 6.45) is 3.02. The number of nitro benzene ring substituents is 1. The molecule has 0 N–H and O–H groups in total. The normalized spacial score (nSPS) is 16.4. The van der Waals surface area contributed by atoms with Crippen LogP contribution in [0, 0.1) is 10.1 Å². The highest BCUT2D eigenvalue weighted by Gasteiger charge is 2.28. The molecule has 1 atom stereocenters. The molecular weight excluding hydrogens is 316 g/mol. The summed E-state index contributed by atoms with van der Waals surface area (Å²) >= 11 is 0. The minimum Gasteiger partial charge on any atom is -0.368 e. The Morgan fingerprint density at radius 3 is 2.68 bits per heavy atom. The van der Waals surface area contributed by atoms with Crippen LogP contribution in [0.4, 0.5) is 11.4 Å². The van der Waals surface area contributed by atoms with E-state index in [2.05, 4.69) is 17.0 Å². The SMILES string of the molecule is CC(=O)C[C@H]1CCc2cc([N+](=O)[O-])ccc2N1CCc1ccccc1. The van der Waals surface area contributed by atoms with Gasteiger partial charge in [0.1, 0.15) is 5.78 Å². The molecule has 1 heterocycles. The van der Waals surface area contributed by atoms with Gasteiger partial charge in [-0.2, -0.15) is 0 Å². The third kappa shape index (κ3) is 4.05. The van der Waals surface area contributed by atoms with Gasteiger partial charge in [-0.15, -0.1) is 0 Å². The highest BCUT2D eigenvalue weighted by Crippen LogP contribution is 2.34. The predicted octanol–water partition coefficient (Wildman–Crippen LogP) is 3.94. The Labute approximate surface area is 147 Å². The maximum atomic E-state index is 11.7. The van der Waals surface area contributed by atoms with Crippen LogP contribution >= 0.6 is 0 Å². The largest absolute Gasteiger partial charge is 0.368 e. The van der Waals surface area contributed by atoms with E-state index < -0.39 is 0 Å². The first-order valence-corrected chi connectivity index (χ1v) is 8.62. The highest BCUT2D eigenvalue weighted by atomic mass is 16.6. The van der Waals surface area contributed by atoms with Crippen molar-refractivity contribution >= 4 is 17.2 Å². The molecule has 0 fully saturated rings. The van der Waals surface area contributed by atoms with E-state index in [-0.39, 0.29) is 22.4 Å². The van der Waals surface area contributed by atoms with Crippen LogP contribution in [0.15, 0.2) is 48.5 Å². The van der Waals surface area contributed by atoms with Gasteiger partial charge in [-0.25, -0.2) is 0 Å². The summed E-state index contributed by atoms with van der Waals surface area (Å²) in [6, 6.07) is 15.5. The van der Waals surface area contributed by atoms with Gasteiger partial charge in [0.2, 0.25) is 0 Å². The summed E-state index contributed by atoms with van der Waals surface area (Å²) in [5, 5.41) is 11.0. The predicted molar refractivity (Wildman–Crippen MR) is 98.0 cm³/mol. The number of nitro groups is 1. The Kier molecular flexibility index (Phi) is 5.12. The highest BCUT2D eigenvalue weighted by molar-refractivity contribution is 5.77. The molecule has 5 nitrogen and oxygen atoms in total. The average molecular weight is 338 g/mol. The van der Waals surface area contributed by atoms with Crippen molar-refractivity contribution in [3.05, 3.63) is 69.8 Å². The van der Waals surface area contributed by atoms with Crippen LogP contribution in [-0.2, 0) is 17.6 Å². The number of Topliss-reactive ketones (excluding diaryl/α,β-unsaturated/α-hetero) is 1. The minimum absolute atomic E-state index is 0.131. The van der Waals surface area contributed by atoms with Gasteiger partial charge in [0.15, 0.2) is 0 Å². The van der Waals surface area contributed by atoms with Gasteiger partial charge in [0.05, 0.1) is 4.92 Å².